The molecule has 1 fully saturated rings. The highest BCUT2D eigenvalue weighted by Gasteiger charge is 2.32. The third kappa shape index (κ3) is 6.06. The van der Waals surface area contributed by atoms with Crippen LogP contribution in [0.4, 0.5) is 10.1 Å². The molecule has 1 N–H and O–H groups in total. The molecule has 40 heavy (non-hydrogen) atoms. The van der Waals surface area contributed by atoms with Gasteiger partial charge in [0.05, 0.1) is 27.2 Å². The van der Waals surface area contributed by atoms with Crippen LogP contribution in [-0.2, 0) is 10.0 Å². The molecule has 0 atom stereocenters. The van der Waals surface area contributed by atoms with Gasteiger partial charge in [0.2, 0.25) is 10.0 Å². The van der Waals surface area contributed by atoms with Gasteiger partial charge in [0.15, 0.2) is 0 Å². The van der Waals surface area contributed by atoms with Crippen LogP contribution in [0, 0.1) is 5.82 Å². The number of hydrogen-bond donors (Lipinski definition) is 1. The van der Waals surface area contributed by atoms with E-state index in [0.29, 0.717) is 18.1 Å². The van der Waals surface area contributed by atoms with Crippen LogP contribution in [0.3, 0.4) is 0 Å². The van der Waals surface area contributed by atoms with Gasteiger partial charge in [0, 0.05) is 31.2 Å². The van der Waals surface area contributed by atoms with Crippen molar-refractivity contribution in [3.8, 4) is 0 Å². The zero-order valence-electron chi connectivity index (χ0n) is 21.3. The predicted octanol–water partition coefficient (Wildman–Crippen LogP) is 6.48. The van der Waals surface area contributed by atoms with Gasteiger partial charge in [0.1, 0.15) is 5.82 Å². The van der Waals surface area contributed by atoms with E-state index in [1.54, 1.807) is 0 Å². The second-order valence-corrected chi connectivity index (χ2v) is 12.2. The number of halogens is 3. The maximum Gasteiger partial charge on any atom is 0.257 e. The number of amides is 1. The summed E-state index contributed by atoms with van der Waals surface area (Å²) in [6, 6.07) is 28.0. The smallest absolute Gasteiger partial charge is 0.257 e. The molecule has 0 unspecified atom stereocenters. The molecule has 10 heteroatoms. The summed E-state index contributed by atoms with van der Waals surface area (Å²) in [4.78, 5) is 14.7. The number of nitrogens with zero attached hydrogens (tertiary/aromatic N) is 2. The monoisotopic (exact) mass is 597 g/mol. The Morgan fingerprint density at radius 2 is 1.40 bits per heavy atom. The molecular formula is C30H26Cl2FN3O3S. The molecule has 0 radical (unpaired) electrons. The Labute approximate surface area is 243 Å². The Morgan fingerprint density at radius 3 is 1.95 bits per heavy atom. The van der Waals surface area contributed by atoms with Crippen molar-refractivity contribution in [3.05, 3.63) is 130 Å². The largest absolute Gasteiger partial charge is 0.319 e. The van der Waals surface area contributed by atoms with Crippen molar-refractivity contribution < 1.29 is 17.6 Å². The highest BCUT2D eigenvalue weighted by molar-refractivity contribution is 7.89. The molecule has 1 heterocycles. The normalized spacial score (nSPS) is 14.8. The Bertz CT molecular complexity index is 1570. The zero-order chi connectivity index (χ0) is 28.3. The summed E-state index contributed by atoms with van der Waals surface area (Å²) in [6.45, 7) is 1.53. The lowest BCUT2D eigenvalue weighted by Crippen LogP contribution is -2.49. The summed E-state index contributed by atoms with van der Waals surface area (Å²) in [5, 5.41) is 2.91. The highest BCUT2D eigenvalue weighted by atomic mass is 35.5. The van der Waals surface area contributed by atoms with Gasteiger partial charge in [-0.2, -0.15) is 4.31 Å². The Hall–Kier alpha value is -3.27. The third-order valence-corrected chi connectivity index (χ3v) is 9.31. The zero-order valence-corrected chi connectivity index (χ0v) is 23.6. The van der Waals surface area contributed by atoms with Gasteiger partial charge < -0.3 is 5.32 Å². The van der Waals surface area contributed by atoms with Gasteiger partial charge in [0.25, 0.3) is 5.91 Å². The minimum absolute atomic E-state index is 0.0123. The number of nitrogens with one attached hydrogen (secondary N) is 1. The van der Waals surface area contributed by atoms with Crippen LogP contribution in [0.1, 0.15) is 27.5 Å². The fourth-order valence-electron chi connectivity index (χ4n) is 4.86. The van der Waals surface area contributed by atoms with Crippen molar-refractivity contribution in [1.29, 1.82) is 0 Å². The van der Waals surface area contributed by atoms with Crippen LogP contribution in [0.25, 0.3) is 0 Å². The van der Waals surface area contributed by atoms with Gasteiger partial charge in [-0.05, 0) is 47.5 Å². The Kier molecular flexibility index (Phi) is 8.54. The maximum absolute atomic E-state index is 15.0. The number of carbonyl (C=O) groups excluding carboxylic acids is 1. The minimum Gasteiger partial charge on any atom is -0.319 e. The molecule has 1 aliphatic heterocycles. The topological polar surface area (TPSA) is 69.7 Å². The van der Waals surface area contributed by atoms with Crippen LogP contribution in [0.5, 0.6) is 0 Å². The van der Waals surface area contributed by atoms with E-state index in [1.165, 1.54) is 34.6 Å². The van der Waals surface area contributed by atoms with Gasteiger partial charge in [-0.3, -0.25) is 9.69 Å². The molecule has 206 valence electrons. The molecule has 1 amide bonds. The number of piperazine rings is 1. The number of anilines is 1. The molecule has 0 aromatic heterocycles. The SMILES string of the molecule is O=C(Nc1ccc(S(=O)(=O)N2CCN(C(c3ccccc3)c3ccccc3)CC2)cc1F)c1ccc(Cl)cc1Cl. The lowest BCUT2D eigenvalue weighted by atomic mass is 9.96. The number of carbonyl (C=O) groups is 1. The summed E-state index contributed by atoms with van der Waals surface area (Å²) >= 11 is 11.9. The second kappa shape index (κ2) is 12.1. The molecular weight excluding hydrogens is 572 g/mol. The lowest BCUT2D eigenvalue weighted by Gasteiger charge is -2.39. The van der Waals surface area contributed by atoms with E-state index in [-0.39, 0.29) is 40.3 Å². The van der Waals surface area contributed by atoms with E-state index in [2.05, 4.69) is 34.5 Å². The fourth-order valence-corrected chi connectivity index (χ4v) is 6.79. The first-order valence-corrected chi connectivity index (χ1v) is 14.8. The van der Waals surface area contributed by atoms with Crippen molar-refractivity contribution in [1.82, 2.24) is 9.21 Å². The van der Waals surface area contributed by atoms with Crippen LogP contribution >= 0.6 is 23.2 Å². The van der Waals surface area contributed by atoms with Crippen LogP contribution in [-0.4, -0.2) is 49.7 Å². The molecule has 0 bridgehead atoms. The first-order chi connectivity index (χ1) is 19.2. The first-order valence-electron chi connectivity index (χ1n) is 12.6. The molecule has 1 saturated heterocycles. The van der Waals surface area contributed by atoms with Crippen molar-refractivity contribution in [2.24, 2.45) is 0 Å². The first kappa shape index (κ1) is 28.3. The summed E-state index contributed by atoms with van der Waals surface area (Å²) in [6.07, 6.45) is 0. The van der Waals surface area contributed by atoms with Crippen LogP contribution in [0.15, 0.2) is 102 Å². The van der Waals surface area contributed by atoms with Gasteiger partial charge in [-0.25, -0.2) is 12.8 Å². The summed E-state index contributed by atoms with van der Waals surface area (Å²) in [7, 11) is -3.95. The minimum atomic E-state index is -3.95. The summed E-state index contributed by atoms with van der Waals surface area (Å²) < 4.78 is 43.2. The Morgan fingerprint density at radius 1 is 0.800 bits per heavy atom. The van der Waals surface area contributed by atoms with Crippen LogP contribution < -0.4 is 5.32 Å². The molecule has 6 nitrogen and oxygen atoms in total. The summed E-state index contributed by atoms with van der Waals surface area (Å²) in [5.41, 5.74) is 2.21. The van der Waals surface area contributed by atoms with E-state index < -0.39 is 21.7 Å². The van der Waals surface area contributed by atoms with Crippen molar-refractivity contribution in [2.45, 2.75) is 10.9 Å². The van der Waals surface area contributed by atoms with E-state index in [9.17, 15) is 17.6 Å². The number of sulfonamides is 1. The lowest BCUT2D eigenvalue weighted by molar-refractivity contribution is 0.102. The number of benzene rings is 4. The quantitative estimate of drug-likeness (QED) is 0.265. The van der Waals surface area contributed by atoms with Gasteiger partial charge >= 0.3 is 0 Å². The number of hydrogen-bond acceptors (Lipinski definition) is 4. The van der Waals surface area contributed by atoms with Crippen LogP contribution in [0.2, 0.25) is 10.0 Å². The molecule has 0 aliphatic carbocycles. The van der Waals surface area contributed by atoms with Gasteiger partial charge in [-0.1, -0.05) is 83.9 Å². The summed E-state index contributed by atoms with van der Waals surface area (Å²) in [5.74, 6) is -1.51. The molecule has 1 aliphatic rings. The second-order valence-electron chi connectivity index (χ2n) is 9.38. The average molecular weight is 599 g/mol. The molecule has 4 aromatic rings. The third-order valence-electron chi connectivity index (χ3n) is 6.87. The van der Waals surface area contributed by atoms with E-state index in [1.807, 2.05) is 36.4 Å². The molecule has 5 rings (SSSR count). The van der Waals surface area contributed by atoms with E-state index >= 15 is 0 Å². The highest BCUT2D eigenvalue weighted by Crippen LogP contribution is 2.31. The Balaban J connectivity index is 1.30. The predicted molar refractivity (Wildman–Crippen MR) is 156 cm³/mol. The molecule has 4 aromatic carbocycles. The average Bonchev–Trinajstić information content (AvgIpc) is 2.95. The molecule has 0 spiro atoms. The van der Waals surface area contributed by atoms with E-state index in [4.69, 9.17) is 23.2 Å². The van der Waals surface area contributed by atoms with Crippen molar-refractivity contribution in [3.63, 3.8) is 0 Å². The maximum atomic E-state index is 15.0. The van der Waals surface area contributed by atoms with Gasteiger partial charge in [-0.15, -0.1) is 0 Å². The van der Waals surface area contributed by atoms with Crippen molar-refractivity contribution >= 4 is 44.8 Å². The fraction of sp³-hybridized carbons (Fsp3) is 0.167. The van der Waals surface area contributed by atoms with E-state index in [0.717, 1.165) is 17.2 Å². The number of rotatable bonds is 7. The van der Waals surface area contributed by atoms with Crippen molar-refractivity contribution in [2.75, 3.05) is 31.5 Å². The molecule has 0 saturated carbocycles. The standard InChI is InChI=1S/C30H26Cl2FN3O3S/c31-23-11-13-25(26(32)19-23)30(37)34-28-14-12-24(20-27(28)33)40(38,39)36-17-15-35(16-18-36)29(21-7-3-1-4-8-21)22-9-5-2-6-10-22/h1-14,19-20,29H,15-18H2,(H,34,37).